The van der Waals surface area contributed by atoms with E-state index in [2.05, 4.69) is 176 Å². The molecule has 2 fully saturated rings. The highest BCUT2D eigenvalue weighted by molar-refractivity contribution is 7.00. The fourth-order valence-electron chi connectivity index (χ4n) is 11.6. The zero-order chi connectivity index (χ0) is 56.6. The Hall–Kier alpha value is -5.91. The van der Waals surface area contributed by atoms with Crippen LogP contribution in [0.3, 0.4) is 0 Å². The Morgan fingerprint density at radius 1 is 0.608 bits per heavy atom. The molecule has 2 saturated heterocycles. The summed E-state index contributed by atoms with van der Waals surface area (Å²) in [5.74, 6) is 0.245. The lowest BCUT2D eigenvalue weighted by Gasteiger charge is -2.56. The van der Waals surface area contributed by atoms with Crippen LogP contribution in [0.5, 0.6) is 5.75 Å². The van der Waals surface area contributed by atoms with Gasteiger partial charge in [0.05, 0.1) is 35.8 Å². The van der Waals surface area contributed by atoms with Crippen LogP contribution in [0, 0.1) is 0 Å². The van der Waals surface area contributed by atoms with E-state index < -0.39 is 64.6 Å². The zero-order valence-corrected chi connectivity index (χ0v) is 50.6. The number of nitrogens with zero attached hydrogens (tertiary/aromatic N) is 1. The summed E-state index contributed by atoms with van der Waals surface area (Å²) in [5, 5.41) is 5.19. The van der Waals surface area contributed by atoms with Gasteiger partial charge in [-0.3, -0.25) is 9.69 Å². The van der Waals surface area contributed by atoms with Crippen molar-refractivity contribution in [1.82, 2.24) is 10.2 Å². The summed E-state index contributed by atoms with van der Waals surface area (Å²) in [7, 11) is -5.31. The summed E-state index contributed by atoms with van der Waals surface area (Å²) in [6.45, 7) is 27.7. The topological polar surface area (TPSA) is 114 Å². The molecule has 0 aromatic heterocycles. The molecular formula is C66H84N2O9Si2. The van der Waals surface area contributed by atoms with Crippen LogP contribution in [-0.4, -0.2) is 81.7 Å². The molecule has 8 rings (SSSR count). The first-order chi connectivity index (χ1) is 37.5. The van der Waals surface area contributed by atoms with E-state index in [0.29, 0.717) is 19.5 Å². The number of benzene rings is 6. The number of amides is 1. The molecule has 79 heavy (non-hydrogen) atoms. The molecule has 4 unspecified atom stereocenters. The molecule has 1 amide bonds. The van der Waals surface area contributed by atoms with E-state index in [4.69, 9.17) is 32.5 Å². The molecule has 0 aliphatic carbocycles. The van der Waals surface area contributed by atoms with Crippen LogP contribution in [0.1, 0.15) is 104 Å². The molecule has 11 nitrogen and oxygen atoms in total. The Labute approximate surface area is 472 Å². The Balaban J connectivity index is 1.03. The quantitative estimate of drug-likeness (QED) is 0.0621. The van der Waals surface area contributed by atoms with Crippen molar-refractivity contribution in [3.05, 3.63) is 198 Å². The molecule has 0 spiro atoms. The third-order valence-corrected chi connectivity index (χ3v) is 25.8. The van der Waals surface area contributed by atoms with Crippen LogP contribution in [0.4, 0.5) is 4.79 Å². The molecule has 2 aliphatic rings. The monoisotopic (exact) mass is 1100 g/mol. The summed E-state index contributed by atoms with van der Waals surface area (Å²) in [6, 6.07) is 59.2. The normalized spacial score (nSPS) is 23.9. The van der Waals surface area contributed by atoms with E-state index in [1.54, 1.807) is 0 Å². The third-order valence-electron chi connectivity index (χ3n) is 16.3. The minimum absolute atomic E-state index is 0.00966. The van der Waals surface area contributed by atoms with Crippen molar-refractivity contribution >= 4 is 39.1 Å². The van der Waals surface area contributed by atoms with Crippen molar-refractivity contribution in [3.8, 4) is 5.75 Å². The van der Waals surface area contributed by atoms with Crippen molar-refractivity contribution in [1.29, 1.82) is 0 Å². The van der Waals surface area contributed by atoms with Gasteiger partial charge >= 0.3 is 20.4 Å². The smallest absolute Gasteiger partial charge is 0.407 e. The van der Waals surface area contributed by atoms with Crippen LogP contribution in [0.25, 0.3) is 0 Å². The van der Waals surface area contributed by atoms with Crippen molar-refractivity contribution in [3.63, 3.8) is 0 Å². The largest absolute Gasteiger partial charge is 0.534 e. The summed E-state index contributed by atoms with van der Waals surface area (Å²) in [4.78, 5) is 30.5. The number of carbonyl (C=O) groups excluding carboxylic acids is 2. The first kappa shape index (κ1) is 59.2. The van der Waals surface area contributed by atoms with Crippen LogP contribution < -0.4 is 20.1 Å². The number of esters is 1. The van der Waals surface area contributed by atoms with Gasteiger partial charge < -0.3 is 37.9 Å². The number of hydrogen-bond acceptors (Lipinski definition) is 10. The Morgan fingerprint density at radius 3 is 1.58 bits per heavy atom. The van der Waals surface area contributed by atoms with Crippen LogP contribution in [-0.2, 0) is 59.0 Å². The standard InChI is InChI=1S/C66H84N2O9Si2/c1-48-60(68(45-51-28-18-13-19-29-51)46-52-30-20-14-21-31-52)66(10,77-78(11,12)63(3,4)5)44-59(72-48)75-61-49(2)73-58(43-65(61,9)67-62(70)71-47-53-32-22-15-23-33-53)74-57(69)42-50-38-40-54(41-39-50)76-79(64(6,7)8,55-34-24-16-25-35-55)56-36-26-17-27-37-56/h13-41,48-49,58-61H,42-47H2,1-12H3,(H,67,70)/t48?,49?,58-,59+,60?,61?,65-,66-/m1/s1. The third kappa shape index (κ3) is 14.4. The van der Waals surface area contributed by atoms with Gasteiger partial charge in [-0.25, -0.2) is 4.79 Å². The van der Waals surface area contributed by atoms with Crippen LogP contribution in [0.15, 0.2) is 176 Å². The molecule has 6 aromatic carbocycles. The van der Waals surface area contributed by atoms with Gasteiger partial charge in [-0.2, -0.15) is 0 Å². The fraction of sp³-hybridized carbons (Fsp3) is 0.424. The molecule has 13 heteroatoms. The van der Waals surface area contributed by atoms with Gasteiger partial charge in [0.25, 0.3) is 0 Å². The summed E-state index contributed by atoms with van der Waals surface area (Å²) in [5.41, 5.74) is 2.07. The molecule has 8 atom stereocenters. The van der Waals surface area contributed by atoms with Gasteiger partial charge in [-0.15, -0.1) is 0 Å². The number of ether oxygens (including phenoxy) is 5. The molecule has 1 N–H and O–H groups in total. The number of nitrogens with one attached hydrogen (secondary N) is 1. The van der Waals surface area contributed by atoms with Gasteiger partial charge in [0, 0.05) is 25.9 Å². The lowest BCUT2D eigenvalue weighted by Crippen LogP contribution is -2.69. The fourth-order valence-corrected chi connectivity index (χ4v) is 17.7. The maximum atomic E-state index is 14.0. The van der Waals surface area contributed by atoms with Gasteiger partial charge in [0.2, 0.25) is 6.29 Å². The number of carbonyl (C=O) groups is 2. The Bertz CT molecular complexity index is 2810. The lowest BCUT2D eigenvalue weighted by molar-refractivity contribution is -0.310. The second-order valence-corrected chi connectivity index (χ2v) is 33.6. The minimum atomic E-state index is -2.88. The first-order valence-corrected chi connectivity index (χ1v) is 32.8. The van der Waals surface area contributed by atoms with Crippen LogP contribution in [0.2, 0.25) is 23.2 Å². The molecule has 0 radical (unpaired) electrons. The molecule has 0 saturated carbocycles. The minimum Gasteiger partial charge on any atom is -0.534 e. The number of alkyl carbamates (subject to hydrolysis) is 1. The Morgan fingerprint density at radius 2 is 1.09 bits per heavy atom. The van der Waals surface area contributed by atoms with E-state index in [0.717, 1.165) is 16.9 Å². The van der Waals surface area contributed by atoms with Gasteiger partial charge in [-0.05, 0) is 95.6 Å². The summed E-state index contributed by atoms with van der Waals surface area (Å²) < 4.78 is 47.7. The maximum Gasteiger partial charge on any atom is 0.407 e. The van der Waals surface area contributed by atoms with Crippen LogP contribution >= 0.6 is 0 Å². The van der Waals surface area contributed by atoms with E-state index in [1.165, 1.54) is 21.5 Å². The lowest BCUT2D eigenvalue weighted by atomic mass is 9.83. The van der Waals surface area contributed by atoms with E-state index >= 15 is 0 Å². The molecule has 2 aliphatic heterocycles. The van der Waals surface area contributed by atoms with E-state index in [9.17, 15) is 9.59 Å². The van der Waals surface area contributed by atoms with Crippen molar-refractivity contribution < 1.29 is 42.1 Å². The molecule has 0 bridgehead atoms. The second kappa shape index (κ2) is 24.8. The van der Waals surface area contributed by atoms with Gasteiger partial charge in [0.15, 0.2) is 14.6 Å². The predicted molar refractivity (Wildman–Crippen MR) is 318 cm³/mol. The van der Waals surface area contributed by atoms with Gasteiger partial charge in [-0.1, -0.05) is 205 Å². The van der Waals surface area contributed by atoms with E-state index in [1.807, 2.05) is 92.7 Å². The molecule has 2 heterocycles. The maximum absolute atomic E-state index is 14.0. The number of rotatable bonds is 19. The summed E-state index contributed by atoms with van der Waals surface area (Å²) in [6.07, 6.45) is -3.78. The first-order valence-electron chi connectivity index (χ1n) is 28.0. The summed E-state index contributed by atoms with van der Waals surface area (Å²) >= 11 is 0. The average Bonchev–Trinajstić information content (AvgIpc) is 3.51. The van der Waals surface area contributed by atoms with Crippen molar-refractivity contribution in [2.24, 2.45) is 0 Å². The second-order valence-electron chi connectivity index (χ2n) is 24.7. The highest BCUT2D eigenvalue weighted by atomic mass is 28.4. The zero-order valence-electron chi connectivity index (χ0n) is 48.6. The molecular weight excluding hydrogens is 1020 g/mol. The van der Waals surface area contributed by atoms with Crippen molar-refractivity contribution in [2.75, 3.05) is 0 Å². The average molecular weight is 1110 g/mol. The molecule has 420 valence electrons. The van der Waals surface area contributed by atoms with Crippen molar-refractivity contribution in [2.45, 2.75) is 179 Å². The Kier molecular flexibility index (Phi) is 18.6. The SMILES string of the molecule is CC1O[C@H](OC(=O)Cc2ccc(O[Si](c3ccccc3)(c3ccccc3)C(C)(C)C)cc2)C[C@@](C)(NC(=O)OCc2ccccc2)C1O[C@H]1C[C@@](C)(O[Si](C)(C)C(C)(C)C)C(N(Cc2ccccc2)Cc2ccccc2)C(C)O1. The highest BCUT2D eigenvalue weighted by Crippen LogP contribution is 2.46. The predicted octanol–water partition coefficient (Wildman–Crippen LogP) is 12.9. The molecule has 6 aromatic rings. The van der Waals surface area contributed by atoms with Gasteiger partial charge in [0.1, 0.15) is 18.5 Å². The highest BCUT2D eigenvalue weighted by Gasteiger charge is 2.57. The van der Waals surface area contributed by atoms with E-state index in [-0.39, 0.29) is 41.7 Å². The number of hydrogen-bond donors (Lipinski definition) is 1.